The van der Waals surface area contributed by atoms with E-state index in [9.17, 15) is 9.59 Å². The third-order valence-corrected chi connectivity index (χ3v) is 2.53. The van der Waals surface area contributed by atoms with Gasteiger partial charge >= 0.3 is 5.97 Å². The van der Waals surface area contributed by atoms with E-state index in [0.717, 1.165) is 19.3 Å². The van der Waals surface area contributed by atoms with Crippen molar-refractivity contribution in [3.8, 4) is 0 Å². The van der Waals surface area contributed by atoms with Gasteiger partial charge in [0.25, 0.3) is 0 Å². The molecule has 0 unspecified atom stereocenters. The summed E-state index contributed by atoms with van der Waals surface area (Å²) < 4.78 is 4.83. The minimum Gasteiger partial charge on any atom is -0.462 e. The van der Waals surface area contributed by atoms with Gasteiger partial charge in [0.1, 0.15) is 0 Å². The first-order valence-corrected chi connectivity index (χ1v) is 6.51. The topological polar surface area (TPSA) is 43.4 Å². The van der Waals surface area contributed by atoms with Gasteiger partial charge in [0, 0.05) is 0 Å². The van der Waals surface area contributed by atoms with Crippen LogP contribution in [0.25, 0.3) is 0 Å². The maximum absolute atomic E-state index is 11.4. The van der Waals surface area contributed by atoms with Crippen LogP contribution in [-0.4, -0.2) is 18.4 Å². The average molecular weight is 240 g/mol. The number of esters is 1. The predicted molar refractivity (Wildman–Crippen MR) is 68.8 cm³/mol. The van der Waals surface area contributed by atoms with Crippen molar-refractivity contribution in [2.45, 2.75) is 59.3 Å². The number of allylic oxidation sites excluding steroid dienone is 1. The molecule has 0 aromatic carbocycles. The van der Waals surface area contributed by atoms with Crippen LogP contribution in [0.15, 0.2) is 11.6 Å². The molecule has 0 saturated heterocycles. The van der Waals surface area contributed by atoms with Crippen LogP contribution in [0.3, 0.4) is 0 Å². The van der Waals surface area contributed by atoms with Crippen LogP contribution >= 0.6 is 0 Å². The van der Waals surface area contributed by atoms with Gasteiger partial charge in [-0.1, -0.05) is 38.7 Å². The van der Waals surface area contributed by atoms with E-state index in [1.165, 1.54) is 26.2 Å². The Labute approximate surface area is 104 Å². The third kappa shape index (κ3) is 7.72. The summed E-state index contributed by atoms with van der Waals surface area (Å²) in [5, 5.41) is 0. The van der Waals surface area contributed by atoms with E-state index < -0.39 is 5.97 Å². The first kappa shape index (κ1) is 15.9. The molecule has 0 radical (unpaired) electrons. The molecule has 0 aromatic heterocycles. The van der Waals surface area contributed by atoms with Gasteiger partial charge < -0.3 is 4.74 Å². The molecule has 0 bridgehead atoms. The van der Waals surface area contributed by atoms with Gasteiger partial charge in [-0.2, -0.15) is 0 Å². The second-order valence-corrected chi connectivity index (χ2v) is 4.10. The molecular formula is C14H24O3. The molecule has 0 aliphatic rings. The quantitative estimate of drug-likeness (QED) is 0.204. The second kappa shape index (κ2) is 10.1. The lowest BCUT2D eigenvalue weighted by Crippen LogP contribution is -2.13. The second-order valence-electron chi connectivity index (χ2n) is 4.10. The lowest BCUT2D eigenvalue weighted by Gasteiger charge is -2.03. The molecule has 0 N–H and O–H groups in total. The lowest BCUT2D eigenvalue weighted by atomic mass is 10.1. The Bertz CT molecular complexity index is 267. The number of hydrogen-bond donors (Lipinski definition) is 0. The van der Waals surface area contributed by atoms with Crippen molar-refractivity contribution >= 4 is 11.8 Å². The fourth-order valence-corrected chi connectivity index (χ4v) is 1.57. The van der Waals surface area contributed by atoms with Gasteiger partial charge in [0.15, 0.2) is 5.78 Å². The summed E-state index contributed by atoms with van der Waals surface area (Å²) in [6.45, 7) is 5.62. The molecule has 0 heterocycles. The first-order chi connectivity index (χ1) is 8.13. The Morgan fingerprint density at radius 1 is 1.06 bits per heavy atom. The van der Waals surface area contributed by atoms with E-state index in [-0.39, 0.29) is 11.4 Å². The van der Waals surface area contributed by atoms with E-state index in [1.54, 1.807) is 13.0 Å². The average Bonchev–Trinajstić information content (AvgIpc) is 2.27. The molecular weight excluding hydrogens is 216 g/mol. The zero-order valence-corrected chi connectivity index (χ0v) is 11.3. The molecule has 0 rings (SSSR count). The molecule has 0 aliphatic heterocycles. The molecule has 98 valence electrons. The highest BCUT2D eigenvalue weighted by atomic mass is 16.5. The molecule has 0 atom stereocenters. The third-order valence-electron chi connectivity index (χ3n) is 2.53. The van der Waals surface area contributed by atoms with E-state index in [1.807, 2.05) is 0 Å². The molecule has 17 heavy (non-hydrogen) atoms. The van der Waals surface area contributed by atoms with E-state index in [0.29, 0.717) is 6.61 Å². The van der Waals surface area contributed by atoms with E-state index >= 15 is 0 Å². The number of Topliss-reactive ketones (excluding diaryl/α,β-unsaturated/α-hetero) is 1. The fraction of sp³-hybridized carbons (Fsp3) is 0.714. The van der Waals surface area contributed by atoms with Crippen molar-refractivity contribution in [3.05, 3.63) is 11.6 Å². The smallest absolute Gasteiger partial charge is 0.341 e. The first-order valence-electron chi connectivity index (χ1n) is 6.51. The number of unbranched alkanes of at least 4 members (excludes halogenated alkanes) is 5. The summed E-state index contributed by atoms with van der Waals surface area (Å²) in [4.78, 5) is 22.7. The van der Waals surface area contributed by atoms with Crippen LogP contribution in [0, 0.1) is 0 Å². The summed E-state index contributed by atoms with van der Waals surface area (Å²) in [5.74, 6) is -0.703. The number of ketones is 1. The van der Waals surface area contributed by atoms with Crippen LogP contribution in [0.4, 0.5) is 0 Å². The Morgan fingerprint density at radius 2 is 1.71 bits per heavy atom. The number of carbonyl (C=O) groups excluding carboxylic acids is 2. The Balaban J connectivity index is 4.04. The molecule has 3 nitrogen and oxygen atoms in total. The van der Waals surface area contributed by atoms with Crippen molar-refractivity contribution < 1.29 is 14.3 Å². The fourth-order valence-electron chi connectivity index (χ4n) is 1.57. The maximum atomic E-state index is 11.4. The van der Waals surface area contributed by atoms with Gasteiger partial charge in [0.2, 0.25) is 0 Å². The van der Waals surface area contributed by atoms with Crippen LogP contribution in [0.2, 0.25) is 0 Å². The van der Waals surface area contributed by atoms with E-state index in [4.69, 9.17) is 4.74 Å². The van der Waals surface area contributed by atoms with Crippen molar-refractivity contribution in [1.82, 2.24) is 0 Å². The molecule has 3 heteroatoms. The largest absolute Gasteiger partial charge is 0.462 e. The van der Waals surface area contributed by atoms with Gasteiger partial charge in [0.05, 0.1) is 12.2 Å². The summed E-state index contributed by atoms with van der Waals surface area (Å²) in [7, 11) is 0. The van der Waals surface area contributed by atoms with Crippen molar-refractivity contribution in [2.24, 2.45) is 0 Å². The normalized spacial score (nSPS) is 11.4. The van der Waals surface area contributed by atoms with Gasteiger partial charge in [-0.3, -0.25) is 4.79 Å². The summed E-state index contributed by atoms with van der Waals surface area (Å²) in [6.07, 6.45) is 8.36. The molecule has 0 aromatic rings. The number of rotatable bonds is 9. The van der Waals surface area contributed by atoms with Gasteiger partial charge in [-0.25, -0.2) is 4.79 Å². The Hall–Kier alpha value is -1.12. The van der Waals surface area contributed by atoms with Crippen LogP contribution in [0.5, 0.6) is 0 Å². The minimum absolute atomic E-state index is 0.197. The number of hydrogen-bond acceptors (Lipinski definition) is 3. The molecule has 0 amide bonds. The van der Waals surface area contributed by atoms with Crippen molar-refractivity contribution in [3.63, 3.8) is 0 Å². The lowest BCUT2D eigenvalue weighted by molar-refractivity contribution is -0.139. The monoisotopic (exact) mass is 240 g/mol. The van der Waals surface area contributed by atoms with Crippen LogP contribution in [-0.2, 0) is 14.3 Å². The van der Waals surface area contributed by atoms with Crippen LogP contribution in [0.1, 0.15) is 59.3 Å². The highest BCUT2D eigenvalue weighted by Gasteiger charge is 2.14. The van der Waals surface area contributed by atoms with Crippen molar-refractivity contribution in [2.75, 3.05) is 6.61 Å². The van der Waals surface area contributed by atoms with Gasteiger partial charge in [-0.05, 0) is 26.7 Å². The van der Waals surface area contributed by atoms with E-state index in [2.05, 4.69) is 6.92 Å². The minimum atomic E-state index is -0.492. The molecule has 0 saturated carbocycles. The summed E-state index contributed by atoms with van der Waals surface area (Å²) in [6, 6.07) is 0. The molecule has 0 aliphatic carbocycles. The predicted octanol–water partition coefficient (Wildman–Crippen LogP) is 3.43. The van der Waals surface area contributed by atoms with Gasteiger partial charge in [-0.15, -0.1) is 0 Å². The maximum Gasteiger partial charge on any atom is 0.341 e. The molecule has 0 spiro atoms. The summed E-state index contributed by atoms with van der Waals surface area (Å²) >= 11 is 0. The Kier molecular flexibility index (Phi) is 9.40. The highest BCUT2D eigenvalue weighted by Crippen LogP contribution is 2.08. The summed E-state index contributed by atoms with van der Waals surface area (Å²) in [5.41, 5.74) is 0.197. The highest BCUT2D eigenvalue weighted by molar-refractivity contribution is 6.16. The SMILES string of the molecule is CCCCCCC/C=C(\C(C)=O)C(=O)OCC. The zero-order valence-electron chi connectivity index (χ0n) is 11.3. The standard InChI is InChI=1S/C14H24O3/c1-4-6-7-8-9-10-11-13(12(3)15)14(16)17-5-2/h11H,4-10H2,1-3H3/b13-11+. The van der Waals surface area contributed by atoms with Crippen LogP contribution < -0.4 is 0 Å². The molecule has 0 fully saturated rings. The number of carbonyl (C=O) groups is 2. The Morgan fingerprint density at radius 3 is 2.24 bits per heavy atom. The number of ether oxygens (including phenoxy) is 1. The van der Waals surface area contributed by atoms with Crippen molar-refractivity contribution in [1.29, 1.82) is 0 Å². The zero-order chi connectivity index (χ0) is 13.1.